The van der Waals surface area contributed by atoms with E-state index in [0.29, 0.717) is 6.54 Å². The zero-order chi connectivity index (χ0) is 16.6. The van der Waals surface area contributed by atoms with E-state index in [4.69, 9.17) is 9.26 Å². The molecule has 0 unspecified atom stereocenters. The molecule has 0 amide bonds. The van der Waals surface area contributed by atoms with Crippen LogP contribution >= 0.6 is 0 Å². The number of pyridine rings is 1. The third-order valence-corrected chi connectivity index (χ3v) is 5.57. The van der Waals surface area contributed by atoms with E-state index in [1.807, 2.05) is 18.2 Å². The van der Waals surface area contributed by atoms with Gasteiger partial charge >= 0.3 is 0 Å². The lowest BCUT2D eigenvalue weighted by atomic mass is 9.79. The van der Waals surface area contributed by atoms with Crippen LogP contribution in [0, 0.1) is 0 Å². The fourth-order valence-electron chi connectivity index (χ4n) is 4.21. The van der Waals surface area contributed by atoms with Crippen LogP contribution in [0.5, 0.6) is 0 Å². The van der Waals surface area contributed by atoms with Crippen molar-refractivity contribution < 1.29 is 14.4 Å². The molecule has 24 heavy (non-hydrogen) atoms. The van der Waals surface area contributed by atoms with Crippen LogP contribution in [0.2, 0.25) is 0 Å². The van der Waals surface area contributed by atoms with Crippen molar-refractivity contribution >= 4 is 0 Å². The number of aromatic nitrogens is 2. The van der Waals surface area contributed by atoms with Gasteiger partial charge in [-0.25, -0.2) is 0 Å². The molecule has 1 saturated carbocycles. The lowest BCUT2D eigenvalue weighted by Crippen LogP contribution is -2.51. The summed E-state index contributed by atoms with van der Waals surface area (Å²) in [6.07, 6.45) is 6.78. The Morgan fingerprint density at radius 1 is 1.38 bits per heavy atom. The minimum Gasteiger partial charge on any atom is -0.393 e. The Bertz CT molecular complexity index is 690. The van der Waals surface area contributed by atoms with Crippen molar-refractivity contribution in [3.05, 3.63) is 36.4 Å². The second-order valence-corrected chi connectivity index (χ2v) is 6.85. The molecule has 3 atom stereocenters. The molecule has 2 fully saturated rings. The highest BCUT2D eigenvalue weighted by atomic mass is 16.5. The van der Waals surface area contributed by atoms with Crippen LogP contribution < -0.4 is 0 Å². The summed E-state index contributed by atoms with van der Waals surface area (Å²) < 4.78 is 11.4. The monoisotopic (exact) mass is 329 g/mol. The normalized spacial score (nSPS) is 30.4. The first kappa shape index (κ1) is 15.7. The van der Waals surface area contributed by atoms with Crippen molar-refractivity contribution in [1.29, 1.82) is 0 Å². The lowest BCUT2D eigenvalue weighted by molar-refractivity contribution is -0.0886. The molecule has 0 bridgehead atoms. The van der Waals surface area contributed by atoms with Crippen LogP contribution in [0.1, 0.15) is 31.4 Å². The standard InChI is InChI=1S/C18H23N3O3/c1-23-18-5-2-14(22)10-17(18)21(9-6-18)12-15-11-16(20-24-15)13-3-7-19-8-4-13/h3-4,7-8,11,14,17,22H,2,5-6,9-10,12H2,1H3/t14-,17-,18+/m0/s1. The lowest BCUT2D eigenvalue weighted by Gasteiger charge is -2.42. The number of methoxy groups -OCH3 is 1. The number of hydrogen-bond acceptors (Lipinski definition) is 6. The topological polar surface area (TPSA) is 71.6 Å². The number of likely N-dealkylation sites (tertiary alicyclic amines) is 1. The van der Waals surface area contributed by atoms with Gasteiger partial charge in [0.15, 0.2) is 5.76 Å². The molecule has 0 aromatic carbocycles. The number of rotatable bonds is 4. The van der Waals surface area contributed by atoms with E-state index in [0.717, 1.165) is 49.2 Å². The van der Waals surface area contributed by atoms with Gasteiger partial charge in [0, 0.05) is 43.7 Å². The molecule has 0 spiro atoms. The highest BCUT2D eigenvalue weighted by molar-refractivity contribution is 5.57. The smallest absolute Gasteiger partial charge is 0.151 e. The Morgan fingerprint density at radius 3 is 3.00 bits per heavy atom. The van der Waals surface area contributed by atoms with Crippen molar-refractivity contribution in [3.8, 4) is 11.3 Å². The number of ether oxygens (including phenoxy) is 1. The molecule has 1 aliphatic heterocycles. The Hall–Kier alpha value is -1.76. The maximum absolute atomic E-state index is 10.1. The van der Waals surface area contributed by atoms with Gasteiger partial charge < -0.3 is 14.4 Å². The van der Waals surface area contributed by atoms with Gasteiger partial charge in [0.05, 0.1) is 18.2 Å². The third-order valence-electron chi connectivity index (χ3n) is 5.57. The van der Waals surface area contributed by atoms with Gasteiger partial charge in [0.25, 0.3) is 0 Å². The summed E-state index contributed by atoms with van der Waals surface area (Å²) >= 11 is 0. The van der Waals surface area contributed by atoms with Gasteiger partial charge in [-0.05, 0) is 37.8 Å². The Kier molecular flexibility index (Phi) is 4.12. The molecule has 6 nitrogen and oxygen atoms in total. The fourth-order valence-corrected chi connectivity index (χ4v) is 4.21. The van der Waals surface area contributed by atoms with E-state index in [9.17, 15) is 5.11 Å². The van der Waals surface area contributed by atoms with Gasteiger partial charge in [0.2, 0.25) is 0 Å². The zero-order valence-corrected chi connectivity index (χ0v) is 13.9. The molecule has 4 rings (SSSR count). The SMILES string of the molecule is CO[C@@]12CC[C@H](O)C[C@@H]1N(Cc1cc(-c3ccncc3)no1)CC2. The highest BCUT2D eigenvalue weighted by Crippen LogP contribution is 2.43. The van der Waals surface area contributed by atoms with E-state index >= 15 is 0 Å². The van der Waals surface area contributed by atoms with E-state index in [1.165, 1.54) is 0 Å². The van der Waals surface area contributed by atoms with Crippen LogP contribution in [0.15, 0.2) is 35.1 Å². The predicted octanol–water partition coefficient (Wildman–Crippen LogP) is 2.24. The summed E-state index contributed by atoms with van der Waals surface area (Å²) in [5, 5.41) is 14.3. The van der Waals surface area contributed by atoms with Crippen LogP contribution in [0.3, 0.4) is 0 Å². The maximum atomic E-state index is 10.1. The first-order chi connectivity index (χ1) is 11.7. The van der Waals surface area contributed by atoms with Gasteiger partial charge in [-0.1, -0.05) is 5.16 Å². The van der Waals surface area contributed by atoms with Crippen LogP contribution in [-0.2, 0) is 11.3 Å². The second-order valence-electron chi connectivity index (χ2n) is 6.85. The molecule has 128 valence electrons. The highest BCUT2D eigenvalue weighted by Gasteiger charge is 2.50. The molecule has 0 radical (unpaired) electrons. The maximum Gasteiger partial charge on any atom is 0.151 e. The van der Waals surface area contributed by atoms with E-state index in [-0.39, 0.29) is 17.7 Å². The van der Waals surface area contributed by atoms with Crippen LogP contribution in [0.25, 0.3) is 11.3 Å². The Morgan fingerprint density at radius 2 is 2.21 bits per heavy atom. The van der Waals surface area contributed by atoms with E-state index < -0.39 is 0 Å². The summed E-state index contributed by atoms with van der Waals surface area (Å²) in [6.45, 7) is 1.65. The number of nitrogens with zero attached hydrogens (tertiary/aromatic N) is 3. The number of fused-ring (bicyclic) bond motifs is 1. The third kappa shape index (κ3) is 2.75. The first-order valence-corrected chi connectivity index (χ1v) is 8.53. The Labute approximate surface area is 141 Å². The molecule has 2 aromatic heterocycles. The fraction of sp³-hybridized carbons (Fsp3) is 0.556. The molecule has 1 N–H and O–H groups in total. The van der Waals surface area contributed by atoms with Gasteiger partial charge in [0.1, 0.15) is 5.69 Å². The van der Waals surface area contributed by atoms with Gasteiger partial charge in [-0.15, -0.1) is 0 Å². The predicted molar refractivity (Wildman–Crippen MR) is 88.1 cm³/mol. The number of hydrogen-bond donors (Lipinski definition) is 1. The second kappa shape index (κ2) is 6.27. The molecule has 2 aliphatic rings. The molecule has 3 heterocycles. The van der Waals surface area contributed by atoms with Crippen molar-refractivity contribution in [1.82, 2.24) is 15.0 Å². The molecule has 6 heteroatoms. The minimum atomic E-state index is -0.235. The average molecular weight is 329 g/mol. The van der Waals surface area contributed by atoms with E-state index in [2.05, 4.69) is 15.0 Å². The van der Waals surface area contributed by atoms with Crippen molar-refractivity contribution in [2.45, 2.75) is 50.0 Å². The number of aliphatic hydroxyl groups is 1. The molecule has 1 aliphatic carbocycles. The van der Waals surface area contributed by atoms with Crippen LogP contribution in [-0.4, -0.2) is 51.5 Å². The van der Waals surface area contributed by atoms with E-state index in [1.54, 1.807) is 19.5 Å². The molecule has 2 aromatic rings. The van der Waals surface area contributed by atoms with Crippen molar-refractivity contribution in [3.63, 3.8) is 0 Å². The Balaban J connectivity index is 1.51. The zero-order valence-electron chi connectivity index (χ0n) is 13.9. The summed E-state index contributed by atoms with van der Waals surface area (Å²) in [6, 6.07) is 6.07. The van der Waals surface area contributed by atoms with Crippen molar-refractivity contribution in [2.24, 2.45) is 0 Å². The van der Waals surface area contributed by atoms with Crippen LogP contribution in [0.4, 0.5) is 0 Å². The summed E-state index contributed by atoms with van der Waals surface area (Å²) in [4.78, 5) is 6.39. The summed E-state index contributed by atoms with van der Waals surface area (Å²) in [5.41, 5.74) is 1.71. The first-order valence-electron chi connectivity index (χ1n) is 8.53. The minimum absolute atomic E-state index is 0.118. The number of aliphatic hydroxyl groups excluding tert-OH is 1. The molecular formula is C18H23N3O3. The molecule has 1 saturated heterocycles. The largest absolute Gasteiger partial charge is 0.393 e. The quantitative estimate of drug-likeness (QED) is 0.927. The van der Waals surface area contributed by atoms with Gasteiger partial charge in [-0.3, -0.25) is 9.88 Å². The average Bonchev–Trinajstić information content (AvgIpc) is 3.22. The van der Waals surface area contributed by atoms with Gasteiger partial charge in [-0.2, -0.15) is 0 Å². The molecular weight excluding hydrogens is 306 g/mol. The summed E-state index contributed by atoms with van der Waals surface area (Å²) in [5.74, 6) is 0.841. The summed E-state index contributed by atoms with van der Waals surface area (Å²) in [7, 11) is 1.80. The van der Waals surface area contributed by atoms with Crippen molar-refractivity contribution in [2.75, 3.05) is 13.7 Å².